The van der Waals surface area contributed by atoms with Crippen molar-refractivity contribution in [3.63, 3.8) is 0 Å². The van der Waals surface area contributed by atoms with Gasteiger partial charge in [0.05, 0.1) is 13.6 Å². The number of hydrogen-bond acceptors (Lipinski definition) is 1. The van der Waals surface area contributed by atoms with E-state index in [1.54, 1.807) is 0 Å². The van der Waals surface area contributed by atoms with Crippen LogP contribution >= 0.6 is 0 Å². The minimum atomic E-state index is -0.696. The molecule has 0 fully saturated rings. The van der Waals surface area contributed by atoms with Gasteiger partial charge in [-0.05, 0) is 30.0 Å². The SMILES string of the molecule is C[N@@+]1(CCCCC(=O)O)CC(c2ccccc2)=C[C@@H]1Cc1ccccc1. The summed E-state index contributed by atoms with van der Waals surface area (Å²) in [6.07, 6.45) is 5.43. The van der Waals surface area contributed by atoms with Gasteiger partial charge in [0.2, 0.25) is 0 Å². The Bertz CT molecular complexity index is 754. The molecule has 2 atom stereocenters. The average molecular weight is 350 g/mol. The molecule has 3 heteroatoms. The molecule has 3 nitrogen and oxygen atoms in total. The van der Waals surface area contributed by atoms with Gasteiger partial charge in [-0.2, -0.15) is 0 Å². The van der Waals surface area contributed by atoms with Gasteiger partial charge < -0.3 is 9.59 Å². The fourth-order valence-electron chi connectivity index (χ4n) is 3.94. The monoisotopic (exact) mass is 350 g/mol. The van der Waals surface area contributed by atoms with Gasteiger partial charge in [-0.3, -0.25) is 4.79 Å². The average Bonchev–Trinajstić information content (AvgIpc) is 2.97. The summed E-state index contributed by atoms with van der Waals surface area (Å²) in [5, 5.41) is 8.89. The van der Waals surface area contributed by atoms with Crippen LogP contribution in [0.5, 0.6) is 0 Å². The molecule has 1 aliphatic heterocycles. The van der Waals surface area contributed by atoms with E-state index in [1.807, 2.05) is 0 Å². The molecule has 1 aliphatic rings. The lowest BCUT2D eigenvalue weighted by atomic mass is 10.0. The number of carboxylic acids is 1. The van der Waals surface area contributed by atoms with E-state index in [9.17, 15) is 4.79 Å². The van der Waals surface area contributed by atoms with E-state index >= 15 is 0 Å². The summed E-state index contributed by atoms with van der Waals surface area (Å²) in [5.74, 6) is -0.696. The van der Waals surface area contributed by atoms with Crippen molar-refractivity contribution in [2.75, 3.05) is 20.1 Å². The highest BCUT2D eigenvalue weighted by Crippen LogP contribution is 2.32. The third-order valence-corrected chi connectivity index (χ3v) is 5.47. The zero-order valence-electron chi connectivity index (χ0n) is 15.5. The molecule has 2 aromatic rings. The lowest BCUT2D eigenvalue weighted by molar-refractivity contribution is -0.915. The molecule has 0 saturated heterocycles. The van der Waals surface area contributed by atoms with Crippen LogP contribution in [0, 0.1) is 0 Å². The molecule has 0 aromatic heterocycles. The Morgan fingerprint density at radius 2 is 1.69 bits per heavy atom. The smallest absolute Gasteiger partial charge is 0.303 e. The third-order valence-electron chi connectivity index (χ3n) is 5.47. The zero-order chi connectivity index (χ0) is 18.4. The van der Waals surface area contributed by atoms with E-state index in [0.29, 0.717) is 6.04 Å². The van der Waals surface area contributed by atoms with E-state index in [1.165, 1.54) is 16.7 Å². The molecule has 0 unspecified atom stereocenters. The molecule has 0 spiro atoms. The lowest BCUT2D eigenvalue weighted by Gasteiger charge is -2.37. The van der Waals surface area contributed by atoms with Gasteiger partial charge >= 0.3 is 5.97 Å². The molecule has 1 N–H and O–H groups in total. The summed E-state index contributed by atoms with van der Waals surface area (Å²) in [4.78, 5) is 10.8. The first-order chi connectivity index (χ1) is 12.6. The maximum absolute atomic E-state index is 10.8. The Labute approximate surface area is 156 Å². The van der Waals surface area contributed by atoms with Crippen molar-refractivity contribution in [3.05, 3.63) is 77.9 Å². The Balaban J connectivity index is 1.76. The number of quaternary nitrogens is 1. The quantitative estimate of drug-likeness (QED) is 0.566. The van der Waals surface area contributed by atoms with Crippen LogP contribution in [0.3, 0.4) is 0 Å². The van der Waals surface area contributed by atoms with Crippen LogP contribution in [0.4, 0.5) is 0 Å². The first-order valence-corrected chi connectivity index (χ1v) is 9.43. The fourth-order valence-corrected chi connectivity index (χ4v) is 3.94. The number of benzene rings is 2. The number of unbranched alkanes of at least 4 members (excludes halogenated alkanes) is 1. The molecule has 0 saturated carbocycles. The number of carbonyl (C=O) groups is 1. The molecular weight excluding hydrogens is 322 g/mol. The number of aliphatic carboxylic acids is 1. The van der Waals surface area contributed by atoms with Gasteiger partial charge in [-0.1, -0.05) is 60.7 Å². The van der Waals surface area contributed by atoms with Crippen molar-refractivity contribution < 1.29 is 14.4 Å². The second-order valence-electron chi connectivity index (χ2n) is 7.53. The van der Waals surface area contributed by atoms with Crippen molar-refractivity contribution >= 4 is 11.5 Å². The largest absolute Gasteiger partial charge is 0.481 e. The molecule has 1 heterocycles. The number of nitrogens with zero attached hydrogens (tertiary/aromatic N) is 1. The number of likely N-dealkylation sites (N-methyl/N-ethyl adjacent to an activating group) is 1. The minimum absolute atomic E-state index is 0.266. The number of rotatable bonds is 8. The molecule has 0 amide bonds. The molecule has 0 aliphatic carbocycles. The van der Waals surface area contributed by atoms with Crippen molar-refractivity contribution in [1.29, 1.82) is 0 Å². The van der Waals surface area contributed by atoms with Crippen molar-refractivity contribution in [1.82, 2.24) is 0 Å². The minimum Gasteiger partial charge on any atom is -0.481 e. The van der Waals surface area contributed by atoms with Crippen LogP contribution < -0.4 is 0 Å². The molecule has 26 heavy (non-hydrogen) atoms. The molecule has 2 aromatic carbocycles. The summed E-state index contributed by atoms with van der Waals surface area (Å²) in [7, 11) is 2.32. The van der Waals surface area contributed by atoms with E-state index in [2.05, 4.69) is 73.8 Å². The summed E-state index contributed by atoms with van der Waals surface area (Å²) in [6.45, 7) is 2.02. The normalized spacial score (nSPS) is 22.2. The van der Waals surface area contributed by atoms with Crippen molar-refractivity contribution in [3.8, 4) is 0 Å². The topological polar surface area (TPSA) is 37.3 Å². The van der Waals surface area contributed by atoms with Gasteiger partial charge in [-0.15, -0.1) is 0 Å². The van der Waals surface area contributed by atoms with E-state index in [0.717, 1.165) is 36.8 Å². The van der Waals surface area contributed by atoms with Crippen LogP contribution in [-0.2, 0) is 11.2 Å². The second kappa shape index (κ2) is 8.33. The zero-order valence-corrected chi connectivity index (χ0v) is 15.5. The second-order valence-corrected chi connectivity index (χ2v) is 7.53. The first kappa shape index (κ1) is 18.4. The molecule has 136 valence electrons. The molecule has 0 bridgehead atoms. The fraction of sp³-hybridized carbons (Fsp3) is 0.348. The predicted octanol–water partition coefficient (Wildman–Crippen LogP) is 4.40. The van der Waals surface area contributed by atoms with Crippen LogP contribution in [0.1, 0.15) is 30.4 Å². The Morgan fingerprint density at radius 1 is 1.04 bits per heavy atom. The summed E-state index contributed by atoms with van der Waals surface area (Å²) >= 11 is 0. The van der Waals surface area contributed by atoms with Gasteiger partial charge in [0.1, 0.15) is 12.6 Å². The lowest BCUT2D eigenvalue weighted by Crippen LogP contribution is -2.50. The van der Waals surface area contributed by atoms with Crippen molar-refractivity contribution in [2.45, 2.75) is 31.7 Å². The van der Waals surface area contributed by atoms with Gasteiger partial charge in [0.25, 0.3) is 0 Å². The standard InChI is InChI=1S/C23H27NO2/c1-24(15-9-8-14-23(25)26)18-21(20-12-6-3-7-13-20)17-22(24)16-19-10-4-2-5-11-19/h2-7,10-13,17,22H,8-9,14-16,18H2,1H3/p+1/t22-,24+/m0/s1. The Kier molecular flexibility index (Phi) is 5.89. The Morgan fingerprint density at radius 3 is 2.35 bits per heavy atom. The summed E-state index contributed by atoms with van der Waals surface area (Å²) < 4.78 is 0.957. The van der Waals surface area contributed by atoms with Crippen LogP contribution in [0.2, 0.25) is 0 Å². The highest BCUT2D eigenvalue weighted by molar-refractivity contribution is 5.68. The molecule has 0 radical (unpaired) electrons. The van der Waals surface area contributed by atoms with Crippen LogP contribution in [0.15, 0.2) is 66.7 Å². The number of carboxylic acid groups (broad SMARTS) is 1. The first-order valence-electron chi connectivity index (χ1n) is 9.43. The van der Waals surface area contributed by atoms with E-state index in [4.69, 9.17) is 5.11 Å². The van der Waals surface area contributed by atoms with Crippen molar-refractivity contribution in [2.24, 2.45) is 0 Å². The van der Waals surface area contributed by atoms with Gasteiger partial charge in [0.15, 0.2) is 0 Å². The maximum Gasteiger partial charge on any atom is 0.303 e. The molecule has 3 rings (SSSR count). The predicted molar refractivity (Wildman–Crippen MR) is 106 cm³/mol. The highest BCUT2D eigenvalue weighted by atomic mass is 16.4. The van der Waals surface area contributed by atoms with E-state index in [-0.39, 0.29) is 6.42 Å². The van der Waals surface area contributed by atoms with E-state index < -0.39 is 5.97 Å². The highest BCUT2D eigenvalue weighted by Gasteiger charge is 2.37. The maximum atomic E-state index is 10.8. The van der Waals surface area contributed by atoms with Crippen LogP contribution in [-0.4, -0.2) is 41.7 Å². The Hall–Kier alpha value is -2.39. The summed E-state index contributed by atoms with van der Waals surface area (Å²) in [6, 6.07) is 21.7. The third kappa shape index (κ3) is 4.61. The van der Waals surface area contributed by atoms with Gasteiger partial charge in [-0.25, -0.2) is 0 Å². The van der Waals surface area contributed by atoms with Gasteiger partial charge in [0, 0.05) is 18.4 Å². The van der Waals surface area contributed by atoms with Crippen LogP contribution in [0.25, 0.3) is 5.57 Å². The summed E-state index contributed by atoms with van der Waals surface area (Å²) in [5.41, 5.74) is 4.07. The number of hydrogen-bond donors (Lipinski definition) is 1. The molecular formula is C23H28NO2+.